The van der Waals surface area contributed by atoms with Gasteiger partial charge in [0.2, 0.25) is 5.78 Å². The van der Waals surface area contributed by atoms with Crippen LogP contribution in [0.15, 0.2) is 34.1 Å². The molecule has 0 radical (unpaired) electrons. The summed E-state index contributed by atoms with van der Waals surface area (Å²) < 4.78 is 19.3. The predicted octanol–water partition coefficient (Wildman–Crippen LogP) is 3.78. The lowest BCUT2D eigenvalue weighted by molar-refractivity contribution is 0.0922. The fourth-order valence-electron chi connectivity index (χ4n) is 1.39. The van der Waals surface area contributed by atoms with Gasteiger partial charge in [0, 0.05) is 4.47 Å². The third-order valence-corrected chi connectivity index (χ3v) is 4.17. The second-order valence-electron chi connectivity index (χ2n) is 3.57. The van der Waals surface area contributed by atoms with Gasteiger partial charge in [0.15, 0.2) is 18.2 Å². The van der Waals surface area contributed by atoms with E-state index in [-0.39, 0.29) is 23.7 Å². The molecule has 1 aromatic carbocycles. The van der Waals surface area contributed by atoms with Gasteiger partial charge in [-0.05, 0) is 45.6 Å². The van der Waals surface area contributed by atoms with Crippen molar-refractivity contribution < 1.29 is 13.9 Å². The standard InChI is InChI=1S/C13H7BrFNO2S/c14-9-3-4-19-13(9)11(17)7-18-12-2-1-8(6-16)5-10(12)15/h1-5H,7H2. The zero-order valence-corrected chi connectivity index (χ0v) is 11.9. The van der Waals surface area contributed by atoms with Crippen molar-refractivity contribution in [2.45, 2.75) is 0 Å². The van der Waals surface area contributed by atoms with Crippen molar-refractivity contribution in [2.75, 3.05) is 6.61 Å². The Bertz CT molecular complexity index is 663. The minimum atomic E-state index is -0.655. The maximum atomic E-state index is 13.5. The molecule has 0 spiro atoms. The zero-order valence-electron chi connectivity index (χ0n) is 9.52. The molecule has 1 heterocycles. The van der Waals surface area contributed by atoms with Gasteiger partial charge in [0.05, 0.1) is 16.5 Å². The molecular weight excluding hydrogens is 333 g/mol. The Labute approximate surface area is 121 Å². The quantitative estimate of drug-likeness (QED) is 0.796. The van der Waals surface area contributed by atoms with Crippen molar-refractivity contribution in [3.63, 3.8) is 0 Å². The van der Waals surface area contributed by atoms with Crippen LogP contribution in [0.3, 0.4) is 0 Å². The molecule has 0 unspecified atom stereocenters. The van der Waals surface area contributed by atoms with E-state index >= 15 is 0 Å². The first-order valence-electron chi connectivity index (χ1n) is 5.20. The normalized spacial score (nSPS) is 9.95. The van der Waals surface area contributed by atoms with Crippen LogP contribution in [0.4, 0.5) is 4.39 Å². The Kier molecular flexibility index (Phi) is 4.30. The summed E-state index contributed by atoms with van der Waals surface area (Å²) in [6, 6.07) is 7.43. The van der Waals surface area contributed by atoms with Gasteiger partial charge in [0.1, 0.15) is 0 Å². The predicted molar refractivity (Wildman–Crippen MR) is 73.0 cm³/mol. The number of ether oxygens (including phenoxy) is 1. The van der Waals surface area contributed by atoms with Crippen LogP contribution in [0.25, 0.3) is 0 Å². The van der Waals surface area contributed by atoms with Crippen molar-refractivity contribution in [3.05, 3.63) is 50.4 Å². The Morgan fingerprint density at radius 3 is 2.84 bits per heavy atom. The first-order chi connectivity index (χ1) is 9.11. The van der Waals surface area contributed by atoms with Crippen molar-refractivity contribution >= 4 is 33.0 Å². The molecule has 19 heavy (non-hydrogen) atoms. The van der Waals surface area contributed by atoms with Gasteiger partial charge in [-0.2, -0.15) is 5.26 Å². The molecule has 0 saturated carbocycles. The molecule has 96 valence electrons. The summed E-state index contributed by atoms with van der Waals surface area (Å²) in [5.74, 6) is -0.928. The van der Waals surface area contributed by atoms with Crippen molar-refractivity contribution in [3.8, 4) is 11.8 Å². The number of carbonyl (C=O) groups excluding carboxylic acids is 1. The second kappa shape index (κ2) is 5.95. The van der Waals surface area contributed by atoms with Crippen LogP contribution in [-0.2, 0) is 0 Å². The number of ketones is 1. The van der Waals surface area contributed by atoms with Gasteiger partial charge in [-0.15, -0.1) is 11.3 Å². The average molecular weight is 340 g/mol. The monoisotopic (exact) mass is 339 g/mol. The number of carbonyl (C=O) groups is 1. The summed E-state index contributed by atoms with van der Waals surface area (Å²) in [6.07, 6.45) is 0. The van der Waals surface area contributed by atoms with Crippen LogP contribution in [0, 0.1) is 17.1 Å². The number of nitriles is 1. The Hall–Kier alpha value is -1.71. The van der Waals surface area contributed by atoms with Gasteiger partial charge >= 0.3 is 0 Å². The summed E-state index contributed by atoms with van der Waals surface area (Å²) in [5.41, 5.74) is 0.206. The van der Waals surface area contributed by atoms with E-state index in [2.05, 4.69) is 15.9 Å². The summed E-state index contributed by atoms with van der Waals surface area (Å²) in [4.78, 5) is 12.4. The topological polar surface area (TPSA) is 50.1 Å². The SMILES string of the molecule is N#Cc1ccc(OCC(=O)c2sccc2Br)c(F)c1. The summed E-state index contributed by atoms with van der Waals surface area (Å²) >= 11 is 4.54. The molecule has 0 amide bonds. The van der Waals surface area contributed by atoms with Gasteiger partial charge in [-0.25, -0.2) is 4.39 Å². The number of Topliss-reactive ketones (excluding diaryl/α,β-unsaturated/α-hetero) is 1. The van der Waals surface area contributed by atoms with Crippen LogP contribution >= 0.6 is 27.3 Å². The Morgan fingerprint density at radius 2 is 2.26 bits per heavy atom. The first-order valence-corrected chi connectivity index (χ1v) is 6.87. The molecule has 2 rings (SSSR count). The number of halogens is 2. The highest BCUT2D eigenvalue weighted by atomic mass is 79.9. The number of benzene rings is 1. The third-order valence-electron chi connectivity index (χ3n) is 2.29. The molecule has 6 heteroatoms. The minimum absolute atomic E-state index is 0.0416. The molecule has 0 aliphatic rings. The van der Waals surface area contributed by atoms with Crippen molar-refractivity contribution in [1.29, 1.82) is 5.26 Å². The smallest absolute Gasteiger partial charge is 0.211 e. The fraction of sp³-hybridized carbons (Fsp3) is 0.0769. The zero-order chi connectivity index (χ0) is 13.8. The van der Waals surface area contributed by atoms with E-state index in [1.807, 2.05) is 6.07 Å². The molecule has 0 aliphatic carbocycles. The lowest BCUT2D eigenvalue weighted by Gasteiger charge is -2.06. The van der Waals surface area contributed by atoms with Crippen LogP contribution in [-0.4, -0.2) is 12.4 Å². The highest BCUT2D eigenvalue weighted by molar-refractivity contribution is 9.10. The van der Waals surface area contributed by atoms with E-state index in [1.165, 1.54) is 23.5 Å². The third kappa shape index (κ3) is 3.19. The number of nitrogens with zero attached hydrogens (tertiary/aromatic N) is 1. The van der Waals surface area contributed by atoms with Crippen LogP contribution in [0.5, 0.6) is 5.75 Å². The molecule has 0 saturated heterocycles. The molecule has 0 bridgehead atoms. The summed E-state index contributed by atoms with van der Waals surface area (Å²) in [7, 11) is 0. The number of thiophene rings is 1. The maximum absolute atomic E-state index is 13.5. The molecule has 0 aliphatic heterocycles. The molecule has 0 N–H and O–H groups in total. The number of hydrogen-bond donors (Lipinski definition) is 0. The number of rotatable bonds is 4. The van der Waals surface area contributed by atoms with Crippen molar-refractivity contribution in [2.24, 2.45) is 0 Å². The summed E-state index contributed by atoms with van der Waals surface area (Å²) in [5, 5.41) is 10.4. The largest absolute Gasteiger partial charge is 0.482 e. The highest BCUT2D eigenvalue weighted by Gasteiger charge is 2.13. The molecule has 2 aromatic rings. The minimum Gasteiger partial charge on any atom is -0.482 e. The molecule has 0 fully saturated rings. The van der Waals surface area contributed by atoms with E-state index in [4.69, 9.17) is 10.00 Å². The highest BCUT2D eigenvalue weighted by Crippen LogP contribution is 2.24. The molecule has 1 aromatic heterocycles. The van der Waals surface area contributed by atoms with Gasteiger partial charge in [0.25, 0.3) is 0 Å². The lowest BCUT2D eigenvalue weighted by atomic mass is 10.2. The second-order valence-corrected chi connectivity index (χ2v) is 5.34. The van der Waals surface area contributed by atoms with Gasteiger partial charge < -0.3 is 4.74 Å². The van der Waals surface area contributed by atoms with Crippen LogP contribution < -0.4 is 4.74 Å². The van der Waals surface area contributed by atoms with E-state index in [0.29, 0.717) is 9.35 Å². The van der Waals surface area contributed by atoms with E-state index in [0.717, 1.165) is 6.07 Å². The van der Waals surface area contributed by atoms with E-state index < -0.39 is 5.82 Å². The Morgan fingerprint density at radius 1 is 1.47 bits per heavy atom. The van der Waals surface area contributed by atoms with E-state index in [1.54, 1.807) is 11.4 Å². The van der Waals surface area contributed by atoms with E-state index in [9.17, 15) is 9.18 Å². The molecular formula is C13H7BrFNO2S. The van der Waals surface area contributed by atoms with Gasteiger partial charge in [-0.3, -0.25) is 4.79 Å². The average Bonchev–Trinajstić information content (AvgIpc) is 2.83. The Balaban J connectivity index is 2.06. The summed E-state index contributed by atoms with van der Waals surface area (Å²) in [6.45, 7) is -0.248. The first kappa shape index (κ1) is 13.7. The van der Waals surface area contributed by atoms with Crippen LogP contribution in [0.1, 0.15) is 15.2 Å². The number of hydrogen-bond acceptors (Lipinski definition) is 4. The van der Waals surface area contributed by atoms with Crippen molar-refractivity contribution in [1.82, 2.24) is 0 Å². The van der Waals surface area contributed by atoms with Gasteiger partial charge in [-0.1, -0.05) is 0 Å². The maximum Gasteiger partial charge on any atom is 0.211 e. The molecule has 3 nitrogen and oxygen atoms in total. The van der Waals surface area contributed by atoms with Crippen LogP contribution in [0.2, 0.25) is 0 Å². The fourth-order valence-corrected chi connectivity index (χ4v) is 2.91. The molecule has 0 atom stereocenters. The lowest BCUT2D eigenvalue weighted by Crippen LogP contribution is -2.11.